The fourth-order valence-electron chi connectivity index (χ4n) is 1.24. The van der Waals surface area contributed by atoms with Crippen LogP contribution in [-0.2, 0) is 0 Å². The van der Waals surface area contributed by atoms with E-state index in [4.69, 9.17) is 27.6 Å². The van der Waals surface area contributed by atoms with Gasteiger partial charge in [0.15, 0.2) is 4.67 Å². The number of hydrogen-bond donors (Lipinski definition) is 1. The molecule has 1 aromatic heterocycles. The van der Waals surface area contributed by atoms with Crippen LogP contribution in [0.5, 0.6) is 0 Å². The number of halogens is 3. The highest BCUT2D eigenvalue weighted by atomic mass is 79.9. The number of carbonyl (C=O) groups is 1. The third kappa shape index (κ3) is 2.83. The van der Waals surface area contributed by atoms with Gasteiger partial charge in [0.1, 0.15) is 0 Å². The SMILES string of the molecule is O=C(Nc1ccc(Cl)cc1Cl)c1ccoc1Br. The quantitative estimate of drug-likeness (QED) is 0.872. The lowest BCUT2D eigenvalue weighted by molar-refractivity contribution is 0.102. The fraction of sp³-hybridized carbons (Fsp3) is 0. The maximum atomic E-state index is 11.8. The number of anilines is 1. The first kappa shape index (κ1) is 12.5. The van der Waals surface area contributed by atoms with E-state index in [0.717, 1.165) is 0 Å². The van der Waals surface area contributed by atoms with Crippen molar-refractivity contribution < 1.29 is 9.21 Å². The van der Waals surface area contributed by atoms with Crippen LogP contribution in [0, 0.1) is 0 Å². The van der Waals surface area contributed by atoms with E-state index < -0.39 is 0 Å². The van der Waals surface area contributed by atoms with E-state index in [-0.39, 0.29) is 5.91 Å². The van der Waals surface area contributed by atoms with Gasteiger partial charge in [-0.2, -0.15) is 0 Å². The lowest BCUT2D eigenvalue weighted by atomic mass is 10.3. The third-order valence-electron chi connectivity index (χ3n) is 2.04. The fourth-order valence-corrected chi connectivity index (χ4v) is 2.11. The summed E-state index contributed by atoms with van der Waals surface area (Å²) in [7, 11) is 0. The summed E-state index contributed by atoms with van der Waals surface area (Å²) in [5.74, 6) is -0.310. The highest BCUT2D eigenvalue weighted by molar-refractivity contribution is 9.10. The Hall–Kier alpha value is -0.970. The highest BCUT2D eigenvalue weighted by Crippen LogP contribution is 2.26. The lowest BCUT2D eigenvalue weighted by Gasteiger charge is -2.06. The summed E-state index contributed by atoms with van der Waals surface area (Å²) in [6, 6.07) is 6.40. The summed E-state index contributed by atoms with van der Waals surface area (Å²) in [4.78, 5) is 11.8. The number of amides is 1. The van der Waals surface area contributed by atoms with Crippen LogP contribution in [0.1, 0.15) is 10.4 Å². The molecular weight excluding hydrogens is 329 g/mol. The van der Waals surface area contributed by atoms with Crippen molar-refractivity contribution >= 4 is 50.7 Å². The van der Waals surface area contributed by atoms with Gasteiger partial charge < -0.3 is 9.73 Å². The molecule has 1 aromatic carbocycles. The van der Waals surface area contributed by atoms with Gasteiger partial charge in [-0.05, 0) is 40.2 Å². The predicted octanol–water partition coefficient (Wildman–Crippen LogP) is 4.60. The average molecular weight is 335 g/mol. The zero-order valence-electron chi connectivity index (χ0n) is 8.34. The Morgan fingerprint density at radius 3 is 2.65 bits per heavy atom. The Labute approximate surface area is 116 Å². The minimum atomic E-state index is -0.310. The molecule has 3 nitrogen and oxygen atoms in total. The minimum absolute atomic E-state index is 0.310. The van der Waals surface area contributed by atoms with Crippen LogP contribution in [0.3, 0.4) is 0 Å². The molecule has 0 aliphatic carbocycles. The molecule has 17 heavy (non-hydrogen) atoms. The maximum Gasteiger partial charge on any atom is 0.260 e. The minimum Gasteiger partial charge on any atom is -0.457 e. The molecule has 1 amide bonds. The van der Waals surface area contributed by atoms with E-state index >= 15 is 0 Å². The molecule has 0 atom stereocenters. The number of benzene rings is 1. The van der Waals surface area contributed by atoms with Crippen LogP contribution in [0.4, 0.5) is 5.69 Å². The molecule has 1 heterocycles. The second-order valence-corrected chi connectivity index (χ2v) is 4.75. The van der Waals surface area contributed by atoms with Gasteiger partial charge in [-0.1, -0.05) is 23.2 Å². The Bertz CT molecular complexity index is 568. The predicted molar refractivity (Wildman–Crippen MR) is 70.8 cm³/mol. The molecular formula is C11H6BrCl2NO2. The van der Waals surface area contributed by atoms with Crippen molar-refractivity contribution in [3.63, 3.8) is 0 Å². The molecule has 0 aliphatic heterocycles. The first-order chi connectivity index (χ1) is 8.08. The Kier molecular flexibility index (Phi) is 3.76. The first-order valence-electron chi connectivity index (χ1n) is 4.57. The van der Waals surface area contributed by atoms with Crippen LogP contribution < -0.4 is 5.32 Å². The molecule has 0 radical (unpaired) electrons. The van der Waals surface area contributed by atoms with Crippen LogP contribution in [0.15, 0.2) is 39.6 Å². The van der Waals surface area contributed by atoms with Crippen molar-refractivity contribution in [2.75, 3.05) is 5.32 Å². The number of carbonyl (C=O) groups excluding carboxylic acids is 1. The molecule has 0 bridgehead atoms. The normalized spacial score (nSPS) is 10.3. The monoisotopic (exact) mass is 333 g/mol. The Morgan fingerprint density at radius 1 is 1.29 bits per heavy atom. The van der Waals surface area contributed by atoms with Crippen LogP contribution in [0.2, 0.25) is 10.0 Å². The molecule has 1 N–H and O–H groups in total. The average Bonchev–Trinajstić information content (AvgIpc) is 2.68. The van der Waals surface area contributed by atoms with Crippen molar-refractivity contribution in [2.45, 2.75) is 0 Å². The highest BCUT2D eigenvalue weighted by Gasteiger charge is 2.13. The standard InChI is InChI=1S/C11H6BrCl2NO2/c12-10-7(3-4-17-10)11(16)15-9-2-1-6(13)5-8(9)14/h1-5H,(H,15,16). The van der Waals surface area contributed by atoms with Crippen molar-refractivity contribution in [3.8, 4) is 0 Å². The second-order valence-electron chi connectivity index (χ2n) is 3.19. The molecule has 0 fully saturated rings. The third-order valence-corrected chi connectivity index (χ3v) is 3.20. The van der Waals surface area contributed by atoms with Gasteiger partial charge in [0.25, 0.3) is 5.91 Å². The van der Waals surface area contributed by atoms with E-state index in [9.17, 15) is 4.79 Å². The summed E-state index contributed by atoms with van der Waals surface area (Å²) < 4.78 is 5.35. The molecule has 0 aliphatic rings. The number of hydrogen-bond acceptors (Lipinski definition) is 2. The molecule has 2 aromatic rings. The number of rotatable bonds is 2. The van der Waals surface area contributed by atoms with Gasteiger partial charge in [-0.3, -0.25) is 4.79 Å². The summed E-state index contributed by atoms with van der Waals surface area (Å²) in [5.41, 5.74) is 0.894. The van der Waals surface area contributed by atoms with Gasteiger partial charge in [0.2, 0.25) is 0 Å². The largest absolute Gasteiger partial charge is 0.457 e. The Balaban J connectivity index is 2.22. The Morgan fingerprint density at radius 2 is 2.06 bits per heavy atom. The van der Waals surface area contributed by atoms with Crippen molar-refractivity contribution in [2.24, 2.45) is 0 Å². The molecule has 6 heteroatoms. The zero-order chi connectivity index (χ0) is 12.4. The van der Waals surface area contributed by atoms with Crippen molar-refractivity contribution in [1.29, 1.82) is 0 Å². The topological polar surface area (TPSA) is 42.2 Å². The number of furan rings is 1. The van der Waals surface area contributed by atoms with Crippen molar-refractivity contribution in [1.82, 2.24) is 0 Å². The maximum absolute atomic E-state index is 11.8. The van der Waals surface area contributed by atoms with Gasteiger partial charge >= 0.3 is 0 Å². The lowest BCUT2D eigenvalue weighted by Crippen LogP contribution is -2.11. The summed E-state index contributed by atoms with van der Waals surface area (Å²) in [6.07, 6.45) is 1.42. The molecule has 0 saturated heterocycles. The molecule has 0 spiro atoms. The molecule has 0 unspecified atom stereocenters. The smallest absolute Gasteiger partial charge is 0.260 e. The van der Waals surface area contributed by atoms with E-state index in [2.05, 4.69) is 21.2 Å². The van der Waals surface area contributed by atoms with Crippen LogP contribution >= 0.6 is 39.1 Å². The summed E-state index contributed by atoms with van der Waals surface area (Å²) in [5, 5.41) is 3.55. The van der Waals surface area contributed by atoms with Crippen LogP contribution in [-0.4, -0.2) is 5.91 Å². The van der Waals surface area contributed by atoms with E-state index in [1.807, 2.05) is 0 Å². The van der Waals surface area contributed by atoms with E-state index in [1.54, 1.807) is 24.3 Å². The summed E-state index contributed by atoms with van der Waals surface area (Å²) >= 11 is 14.8. The second kappa shape index (κ2) is 5.12. The van der Waals surface area contributed by atoms with Gasteiger partial charge in [-0.15, -0.1) is 0 Å². The van der Waals surface area contributed by atoms with E-state index in [1.165, 1.54) is 6.26 Å². The number of nitrogens with one attached hydrogen (secondary N) is 1. The molecule has 2 rings (SSSR count). The van der Waals surface area contributed by atoms with Crippen molar-refractivity contribution in [3.05, 3.63) is 50.8 Å². The van der Waals surface area contributed by atoms with E-state index in [0.29, 0.717) is 26.0 Å². The van der Waals surface area contributed by atoms with Gasteiger partial charge in [0.05, 0.1) is 22.5 Å². The zero-order valence-corrected chi connectivity index (χ0v) is 11.4. The summed E-state index contributed by atoms with van der Waals surface area (Å²) in [6.45, 7) is 0. The van der Waals surface area contributed by atoms with Gasteiger partial charge in [-0.25, -0.2) is 0 Å². The molecule has 88 valence electrons. The first-order valence-corrected chi connectivity index (χ1v) is 6.12. The molecule has 0 saturated carbocycles. The van der Waals surface area contributed by atoms with Crippen LogP contribution in [0.25, 0.3) is 0 Å². The van der Waals surface area contributed by atoms with Gasteiger partial charge in [0, 0.05) is 5.02 Å².